The summed E-state index contributed by atoms with van der Waals surface area (Å²) >= 11 is 0. The van der Waals surface area contributed by atoms with E-state index in [0.29, 0.717) is 6.42 Å². The van der Waals surface area contributed by atoms with E-state index in [4.69, 9.17) is 9.84 Å². The lowest BCUT2D eigenvalue weighted by molar-refractivity contribution is -0.134. The monoisotopic (exact) mass is 376 g/mol. The number of fused-ring (bicyclic) bond motifs is 6. The number of benzene rings is 1. The third-order valence-corrected chi connectivity index (χ3v) is 6.04. The molecular formula is C22H24N4O2. The lowest BCUT2D eigenvalue weighted by Gasteiger charge is -2.36. The van der Waals surface area contributed by atoms with E-state index in [-0.39, 0.29) is 18.0 Å². The molecule has 2 aromatic heterocycles. The standard InChI is InChI=1S/C22H24N4O2/c1-3-4-22(27)25-15-7-10-19(25)17-13-23-21-12-18(24-26(21)20(17)11-15)14-5-8-16(28-2)9-6-14/h5-6,8-9,12-13,15,19H,3-4,7,10-11H2,1-2H3/t15-,19+/m1/s1. The van der Waals surface area contributed by atoms with Crippen LogP contribution in [-0.2, 0) is 11.2 Å². The van der Waals surface area contributed by atoms with Gasteiger partial charge in [-0.3, -0.25) is 4.79 Å². The van der Waals surface area contributed by atoms with Crippen LogP contribution >= 0.6 is 0 Å². The van der Waals surface area contributed by atoms with Crippen molar-refractivity contribution in [2.75, 3.05) is 7.11 Å². The minimum absolute atomic E-state index is 0.151. The number of hydrogen-bond acceptors (Lipinski definition) is 4. The first-order valence-electron chi connectivity index (χ1n) is 10.0. The van der Waals surface area contributed by atoms with Gasteiger partial charge in [0.1, 0.15) is 5.75 Å². The molecule has 3 aromatic rings. The van der Waals surface area contributed by atoms with Gasteiger partial charge in [-0.2, -0.15) is 5.10 Å². The van der Waals surface area contributed by atoms with E-state index < -0.39 is 0 Å². The quantitative estimate of drug-likeness (QED) is 0.695. The summed E-state index contributed by atoms with van der Waals surface area (Å²) in [5.74, 6) is 1.11. The lowest BCUT2D eigenvalue weighted by atomic mass is 9.98. The Morgan fingerprint density at radius 2 is 2.07 bits per heavy atom. The molecule has 2 atom stereocenters. The molecule has 6 nitrogen and oxygen atoms in total. The largest absolute Gasteiger partial charge is 0.497 e. The minimum Gasteiger partial charge on any atom is -0.497 e. The molecule has 0 spiro atoms. The highest BCUT2D eigenvalue weighted by molar-refractivity contribution is 5.78. The molecule has 2 aliphatic heterocycles. The first kappa shape index (κ1) is 17.2. The van der Waals surface area contributed by atoms with Crippen molar-refractivity contribution >= 4 is 11.6 Å². The summed E-state index contributed by atoms with van der Waals surface area (Å²) in [6.07, 6.45) is 6.41. The summed E-state index contributed by atoms with van der Waals surface area (Å²) in [4.78, 5) is 19.4. The van der Waals surface area contributed by atoms with Gasteiger partial charge in [-0.1, -0.05) is 6.92 Å². The van der Waals surface area contributed by atoms with Crippen molar-refractivity contribution < 1.29 is 9.53 Å². The van der Waals surface area contributed by atoms with Crippen LogP contribution in [0.3, 0.4) is 0 Å². The maximum Gasteiger partial charge on any atom is 0.223 e. The Balaban J connectivity index is 1.55. The molecule has 1 amide bonds. The summed E-state index contributed by atoms with van der Waals surface area (Å²) in [5, 5.41) is 4.86. The summed E-state index contributed by atoms with van der Waals surface area (Å²) < 4.78 is 7.23. The van der Waals surface area contributed by atoms with E-state index in [1.807, 2.05) is 41.0 Å². The Bertz CT molecular complexity index is 1040. The van der Waals surface area contributed by atoms with Gasteiger partial charge in [-0.25, -0.2) is 9.50 Å². The summed E-state index contributed by atoms with van der Waals surface area (Å²) in [5.41, 5.74) is 5.17. The number of carbonyl (C=O) groups is 1. The fraction of sp³-hybridized carbons (Fsp3) is 0.409. The average molecular weight is 376 g/mol. The SMILES string of the molecule is CCCC(=O)N1[C@@H]2CC[C@H]1c1cnc3cc(-c4ccc(OC)cc4)nn3c1C2. The molecule has 0 unspecified atom stereocenters. The molecule has 6 heteroatoms. The molecule has 1 saturated heterocycles. The van der Waals surface area contributed by atoms with Crippen LogP contribution in [0, 0.1) is 0 Å². The number of aromatic nitrogens is 3. The van der Waals surface area contributed by atoms with Crippen LogP contribution in [0.5, 0.6) is 5.75 Å². The van der Waals surface area contributed by atoms with Crippen LogP contribution in [0.4, 0.5) is 0 Å². The van der Waals surface area contributed by atoms with Crippen molar-refractivity contribution in [3.8, 4) is 17.0 Å². The van der Waals surface area contributed by atoms with Gasteiger partial charge >= 0.3 is 0 Å². The van der Waals surface area contributed by atoms with E-state index in [2.05, 4.69) is 16.8 Å². The summed E-state index contributed by atoms with van der Waals surface area (Å²) in [6, 6.07) is 10.4. The molecule has 1 fully saturated rings. The molecule has 5 rings (SSSR count). The van der Waals surface area contributed by atoms with Gasteiger partial charge < -0.3 is 9.64 Å². The van der Waals surface area contributed by atoms with Gasteiger partial charge in [-0.15, -0.1) is 0 Å². The Hall–Kier alpha value is -2.89. The Labute approximate surface area is 164 Å². The van der Waals surface area contributed by atoms with Gasteiger partial charge in [-0.05, 0) is 43.5 Å². The molecule has 1 aromatic carbocycles. The molecule has 28 heavy (non-hydrogen) atoms. The van der Waals surface area contributed by atoms with E-state index >= 15 is 0 Å². The van der Waals surface area contributed by atoms with Crippen LogP contribution in [0.1, 0.15) is 49.9 Å². The fourth-order valence-corrected chi connectivity index (χ4v) is 4.71. The van der Waals surface area contributed by atoms with Crippen molar-refractivity contribution in [3.63, 3.8) is 0 Å². The highest BCUT2D eigenvalue weighted by Gasteiger charge is 2.43. The van der Waals surface area contributed by atoms with Crippen LogP contribution in [0.25, 0.3) is 16.9 Å². The maximum absolute atomic E-state index is 12.6. The number of carbonyl (C=O) groups excluding carboxylic acids is 1. The first-order chi connectivity index (χ1) is 13.7. The van der Waals surface area contributed by atoms with Gasteiger partial charge in [0.2, 0.25) is 5.91 Å². The van der Waals surface area contributed by atoms with Crippen molar-refractivity contribution in [1.82, 2.24) is 19.5 Å². The number of methoxy groups -OCH3 is 1. The average Bonchev–Trinajstić information content (AvgIpc) is 3.29. The molecule has 4 heterocycles. The van der Waals surface area contributed by atoms with Gasteiger partial charge in [0.25, 0.3) is 0 Å². The van der Waals surface area contributed by atoms with Crippen molar-refractivity contribution in [2.45, 2.75) is 51.1 Å². The van der Waals surface area contributed by atoms with Gasteiger partial charge in [0.05, 0.1) is 24.5 Å². The molecule has 0 N–H and O–H groups in total. The minimum atomic E-state index is 0.151. The Morgan fingerprint density at radius 1 is 1.25 bits per heavy atom. The molecule has 2 bridgehead atoms. The fourth-order valence-electron chi connectivity index (χ4n) is 4.71. The van der Waals surface area contributed by atoms with Gasteiger partial charge in [0.15, 0.2) is 5.65 Å². The van der Waals surface area contributed by atoms with Crippen molar-refractivity contribution in [2.24, 2.45) is 0 Å². The Kier molecular flexibility index (Phi) is 4.07. The number of nitrogens with zero attached hydrogens (tertiary/aromatic N) is 4. The third kappa shape index (κ3) is 2.58. The smallest absolute Gasteiger partial charge is 0.223 e. The lowest BCUT2D eigenvalue weighted by Crippen LogP contribution is -2.42. The molecule has 2 aliphatic rings. The molecule has 0 saturated carbocycles. The molecule has 144 valence electrons. The first-order valence-corrected chi connectivity index (χ1v) is 10.0. The third-order valence-electron chi connectivity index (χ3n) is 6.04. The zero-order valence-corrected chi connectivity index (χ0v) is 16.3. The Morgan fingerprint density at radius 3 is 2.82 bits per heavy atom. The van der Waals surface area contributed by atoms with Crippen LogP contribution in [0.15, 0.2) is 36.5 Å². The zero-order valence-electron chi connectivity index (χ0n) is 16.3. The predicted octanol–water partition coefficient (Wildman–Crippen LogP) is 3.79. The second-order valence-electron chi connectivity index (χ2n) is 7.69. The predicted molar refractivity (Wildman–Crippen MR) is 106 cm³/mol. The number of ether oxygens (including phenoxy) is 1. The number of amides is 1. The highest BCUT2D eigenvalue weighted by atomic mass is 16.5. The van der Waals surface area contributed by atoms with E-state index in [0.717, 1.165) is 53.9 Å². The van der Waals surface area contributed by atoms with Crippen molar-refractivity contribution in [1.29, 1.82) is 0 Å². The second kappa shape index (κ2) is 6.62. The molecule has 0 radical (unpaired) electrons. The zero-order chi connectivity index (χ0) is 19.3. The van der Waals surface area contributed by atoms with Crippen LogP contribution in [0.2, 0.25) is 0 Å². The topological polar surface area (TPSA) is 59.7 Å². The maximum atomic E-state index is 12.6. The summed E-state index contributed by atoms with van der Waals surface area (Å²) in [6.45, 7) is 2.06. The number of hydrogen-bond donors (Lipinski definition) is 0. The number of rotatable bonds is 4. The summed E-state index contributed by atoms with van der Waals surface area (Å²) in [7, 11) is 1.67. The second-order valence-corrected chi connectivity index (χ2v) is 7.69. The van der Waals surface area contributed by atoms with E-state index in [1.165, 1.54) is 5.69 Å². The highest BCUT2D eigenvalue weighted by Crippen LogP contribution is 2.44. The van der Waals surface area contributed by atoms with Gasteiger partial charge in [0, 0.05) is 42.3 Å². The van der Waals surface area contributed by atoms with Crippen LogP contribution < -0.4 is 4.74 Å². The molecule has 0 aliphatic carbocycles. The van der Waals surface area contributed by atoms with Crippen molar-refractivity contribution in [3.05, 3.63) is 47.8 Å². The van der Waals surface area contributed by atoms with Crippen LogP contribution in [-0.4, -0.2) is 38.6 Å². The van der Waals surface area contributed by atoms with E-state index in [1.54, 1.807) is 7.11 Å². The van der Waals surface area contributed by atoms with E-state index in [9.17, 15) is 4.79 Å². The molecular weight excluding hydrogens is 352 g/mol. The normalized spacial score (nSPS) is 20.4.